The Morgan fingerprint density at radius 3 is 2.52 bits per heavy atom. The van der Waals surface area contributed by atoms with Crippen LogP contribution in [0.15, 0.2) is 66.9 Å². The maximum Gasteiger partial charge on any atom is 0.337 e. The number of allylic oxidation sites excluding steroid dienone is 2. The molecule has 1 amide bonds. The molecule has 1 unspecified atom stereocenters. The largest absolute Gasteiger partial charge is 0.478 e. The number of benzene rings is 1. The summed E-state index contributed by atoms with van der Waals surface area (Å²) >= 11 is 0. The summed E-state index contributed by atoms with van der Waals surface area (Å²) < 4.78 is 1.77. The molecule has 0 saturated carbocycles. The quantitative estimate of drug-likeness (QED) is 0.548. The summed E-state index contributed by atoms with van der Waals surface area (Å²) in [6.45, 7) is 13.9. The summed E-state index contributed by atoms with van der Waals surface area (Å²) in [5.41, 5.74) is 5.46. The van der Waals surface area contributed by atoms with E-state index in [9.17, 15) is 9.59 Å². The number of carbonyl (C=O) groups excluding carboxylic acids is 1. The number of carboxylic acid groups (broad SMARTS) is 1. The summed E-state index contributed by atoms with van der Waals surface area (Å²) in [6.07, 6.45) is 8.13. The summed E-state index contributed by atoms with van der Waals surface area (Å²) in [5, 5.41) is 19.2. The summed E-state index contributed by atoms with van der Waals surface area (Å²) in [7, 11) is 0. The molecule has 0 aliphatic carbocycles. The molecule has 33 heavy (non-hydrogen) atoms. The zero-order chi connectivity index (χ0) is 24.5. The molecule has 7 nitrogen and oxygen atoms in total. The number of aryl methyl sites for hydroxylation is 3. The third-order valence-corrected chi connectivity index (χ3v) is 5.10. The van der Waals surface area contributed by atoms with Gasteiger partial charge in [-0.3, -0.25) is 4.79 Å². The van der Waals surface area contributed by atoms with Crippen molar-refractivity contribution in [3.63, 3.8) is 0 Å². The smallest absolute Gasteiger partial charge is 0.337 e. The van der Waals surface area contributed by atoms with Crippen molar-refractivity contribution in [3.05, 3.63) is 95.0 Å². The SMILES string of the molecule is C=C/C=C(/c1ccc(C)c(C)c1)n1nc(C(=O)NC2C=CC(C(=O)O)=CN2)cc1CC.CC. The van der Waals surface area contributed by atoms with E-state index >= 15 is 0 Å². The van der Waals surface area contributed by atoms with Crippen molar-refractivity contribution in [1.82, 2.24) is 20.4 Å². The van der Waals surface area contributed by atoms with Crippen LogP contribution in [0.3, 0.4) is 0 Å². The fourth-order valence-corrected chi connectivity index (χ4v) is 3.21. The lowest BCUT2D eigenvalue weighted by atomic mass is 10.0. The van der Waals surface area contributed by atoms with Gasteiger partial charge in [0, 0.05) is 17.5 Å². The molecule has 0 saturated heterocycles. The Hall–Kier alpha value is -3.87. The number of carboxylic acids is 1. The molecule has 2 heterocycles. The minimum absolute atomic E-state index is 0.121. The summed E-state index contributed by atoms with van der Waals surface area (Å²) in [4.78, 5) is 23.8. The monoisotopic (exact) mass is 448 g/mol. The van der Waals surface area contributed by atoms with Crippen LogP contribution in [0, 0.1) is 13.8 Å². The first-order valence-electron chi connectivity index (χ1n) is 11.0. The van der Waals surface area contributed by atoms with Gasteiger partial charge in [0.2, 0.25) is 0 Å². The van der Waals surface area contributed by atoms with E-state index in [1.54, 1.807) is 22.9 Å². The average Bonchev–Trinajstić information content (AvgIpc) is 3.25. The summed E-state index contributed by atoms with van der Waals surface area (Å²) in [6, 6.07) is 7.94. The number of hydrogen-bond acceptors (Lipinski definition) is 4. The lowest BCUT2D eigenvalue weighted by molar-refractivity contribution is -0.132. The zero-order valence-corrected chi connectivity index (χ0v) is 19.8. The van der Waals surface area contributed by atoms with Gasteiger partial charge in [0.05, 0.1) is 11.3 Å². The number of hydrogen-bond donors (Lipinski definition) is 3. The Morgan fingerprint density at radius 2 is 1.97 bits per heavy atom. The van der Waals surface area contributed by atoms with Gasteiger partial charge in [-0.25, -0.2) is 9.48 Å². The topological polar surface area (TPSA) is 96.2 Å². The minimum atomic E-state index is -1.03. The number of amides is 1. The van der Waals surface area contributed by atoms with E-state index in [2.05, 4.69) is 48.3 Å². The molecule has 0 radical (unpaired) electrons. The zero-order valence-electron chi connectivity index (χ0n) is 19.8. The lowest BCUT2D eigenvalue weighted by Crippen LogP contribution is -2.43. The van der Waals surface area contributed by atoms with Gasteiger partial charge < -0.3 is 15.7 Å². The Kier molecular flexibility index (Phi) is 8.98. The van der Waals surface area contributed by atoms with Gasteiger partial charge in [-0.1, -0.05) is 45.6 Å². The van der Waals surface area contributed by atoms with E-state index < -0.39 is 12.1 Å². The van der Waals surface area contributed by atoms with Crippen LogP contribution in [0.2, 0.25) is 0 Å². The predicted octanol–water partition coefficient (Wildman–Crippen LogP) is 4.35. The van der Waals surface area contributed by atoms with Crippen LogP contribution < -0.4 is 10.6 Å². The molecule has 174 valence electrons. The first kappa shape index (κ1) is 25.4. The van der Waals surface area contributed by atoms with Crippen molar-refractivity contribution in [2.75, 3.05) is 0 Å². The number of carbonyl (C=O) groups is 2. The van der Waals surface area contributed by atoms with E-state index in [-0.39, 0.29) is 17.2 Å². The van der Waals surface area contributed by atoms with Crippen molar-refractivity contribution in [2.24, 2.45) is 0 Å². The van der Waals surface area contributed by atoms with E-state index in [4.69, 9.17) is 5.11 Å². The van der Waals surface area contributed by atoms with Gasteiger partial charge in [-0.15, -0.1) is 0 Å². The molecule has 1 aliphatic rings. The number of nitrogens with zero attached hydrogens (tertiary/aromatic N) is 2. The molecule has 7 heteroatoms. The molecule has 3 rings (SSSR count). The number of aliphatic carboxylic acids is 1. The standard InChI is InChI=1S/C24H26N4O3.C2H6/c1-5-7-21(17-9-8-15(3)16(4)12-17)28-19(6-2)13-20(27-28)23(29)26-22-11-10-18(14-25-22)24(30)31;1-2/h5,7-14,22,25H,1,6H2,2-4H3,(H,26,29)(H,30,31);1-2H3/b21-7-;. The molecule has 0 bridgehead atoms. The fourth-order valence-electron chi connectivity index (χ4n) is 3.21. The highest BCUT2D eigenvalue weighted by Gasteiger charge is 2.20. The normalized spacial score (nSPS) is 15.0. The van der Waals surface area contributed by atoms with Crippen molar-refractivity contribution in [1.29, 1.82) is 0 Å². The second kappa shape index (κ2) is 11.7. The maximum atomic E-state index is 12.8. The van der Waals surface area contributed by atoms with Gasteiger partial charge in [0.25, 0.3) is 5.91 Å². The number of dihydropyridines is 1. The third-order valence-electron chi connectivity index (χ3n) is 5.10. The molecular formula is C26H32N4O3. The molecule has 1 aromatic carbocycles. The summed E-state index contributed by atoms with van der Waals surface area (Å²) in [5.74, 6) is -1.39. The molecule has 0 fully saturated rings. The van der Waals surface area contributed by atoms with Crippen molar-refractivity contribution < 1.29 is 14.7 Å². The molecule has 3 N–H and O–H groups in total. The maximum absolute atomic E-state index is 12.8. The molecule has 2 aromatic rings. The van der Waals surface area contributed by atoms with Crippen LogP contribution in [0.25, 0.3) is 5.70 Å². The van der Waals surface area contributed by atoms with Crippen molar-refractivity contribution in [2.45, 2.75) is 47.2 Å². The van der Waals surface area contributed by atoms with Crippen LogP contribution in [0.1, 0.15) is 53.6 Å². The molecular weight excluding hydrogens is 416 g/mol. The first-order chi connectivity index (χ1) is 15.8. The highest BCUT2D eigenvalue weighted by molar-refractivity contribution is 5.93. The van der Waals surface area contributed by atoms with E-state index in [1.165, 1.54) is 23.4 Å². The van der Waals surface area contributed by atoms with Crippen LogP contribution >= 0.6 is 0 Å². The van der Waals surface area contributed by atoms with Crippen molar-refractivity contribution >= 4 is 17.6 Å². The van der Waals surface area contributed by atoms with Crippen LogP contribution in [0.5, 0.6) is 0 Å². The Labute approximate surface area is 195 Å². The highest BCUT2D eigenvalue weighted by atomic mass is 16.4. The third kappa shape index (κ3) is 6.10. The number of nitrogens with one attached hydrogen (secondary N) is 2. The Morgan fingerprint density at radius 1 is 1.24 bits per heavy atom. The second-order valence-electron chi connectivity index (χ2n) is 7.25. The van der Waals surface area contributed by atoms with Gasteiger partial charge in [-0.2, -0.15) is 5.10 Å². The molecule has 1 aliphatic heterocycles. The average molecular weight is 449 g/mol. The molecule has 1 aromatic heterocycles. The van der Waals surface area contributed by atoms with Gasteiger partial charge in [0.15, 0.2) is 5.69 Å². The predicted molar refractivity (Wildman–Crippen MR) is 132 cm³/mol. The molecule has 0 spiro atoms. The second-order valence-corrected chi connectivity index (χ2v) is 7.25. The van der Waals surface area contributed by atoms with Crippen LogP contribution in [-0.2, 0) is 11.2 Å². The van der Waals surface area contributed by atoms with Crippen LogP contribution in [0.4, 0.5) is 0 Å². The Bertz CT molecular complexity index is 1120. The van der Waals surface area contributed by atoms with E-state index in [1.807, 2.05) is 32.9 Å². The first-order valence-corrected chi connectivity index (χ1v) is 11.0. The van der Waals surface area contributed by atoms with E-state index in [0.717, 1.165) is 17.0 Å². The fraction of sp³-hybridized carbons (Fsp3) is 0.269. The van der Waals surface area contributed by atoms with Gasteiger partial charge >= 0.3 is 5.97 Å². The van der Waals surface area contributed by atoms with Crippen molar-refractivity contribution in [3.8, 4) is 0 Å². The van der Waals surface area contributed by atoms with Gasteiger partial charge in [-0.05, 0) is 61.8 Å². The Balaban J connectivity index is 0.00000187. The van der Waals surface area contributed by atoms with E-state index in [0.29, 0.717) is 6.42 Å². The molecule has 1 atom stereocenters. The minimum Gasteiger partial charge on any atom is -0.478 e. The highest BCUT2D eigenvalue weighted by Crippen LogP contribution is 2.23. The number of aromatic nitrogens is 2. The lowest BCUT2D eigenvalue weighted by Gasteiger charge is -2.18. The van der Waals surface area contributed by atoms with Gasteiger partial charge in [0.1, 0.15) is 6.17 Å². The number of rotatable bonds is 7. The van der Waals surface area contributed by atoms with Crippen LogP contribution in [-0.4, -0.2) is 32.9 Å².